The van der Waals surface area contributed by atoms with E-state index in [9.17, 15) is 4.39 Å². The summed E-state index contributed by atoms with van der Waals surface area (Å²) in [7, 11) is 1.76. The Morgan fingerprint density at radius 2 is 1.79 bits per heavy atom. The second-order valence-electron chi connectivity index (χ2n) is 4.05. The summed E-state index contributed by atoms with van der Waals surface area (Å²) < 4.78 is 14.7. The number of nitrogens with one attached hydrogen (secondary N) is 1. The van der Waals surface area contributed by atoms with Crippen molar-refractivity contribution in [3.8, 4) is 0 Å². The van der Waals surface area contributed by atoms with Crippen LogP contribution in [-0.4, -0.2) is 7.05 Å². The van der Waals surface area contributed by atoms with E-state index in [1.807, 2.05) is 0 Å². The lowest BCUT2D eigenvalue weighted by Crippen LogP contribution is -2.19. The summed E-state index contributed by atoms with van der Waals surface area (Å²) in [5, 5.41) is 4.14. The Morgan fingerprint density at radius 1 is 1.11 bits per heavy atom. The Labute approximate surface area is 129 Å². The number of halogens is 4. The first-order valence-electron chi connectivity index (χ1n) is 5.60. The molecule has 0 saturated heterocycles. The van der Waals surface area contributed by atoms with Gasteiger partial charge in [-0.25, -0.2) is 4.39 Å². The smallest absolute Gasteiger partial charge is 0.129 e. The fourth-order valence-electron chi connectivity index (χ4n) is 1.95. The lowest BCUT2D eigenvalue weighted by molar-refractivity contribution is 0.575. The van der Waals surface area contributed by atoms with E-state index in [0.29, 0.717) is 20.1 Å². The van der Waals surface area contributed by atoms with Gasteiger partial charge in [0, 0.05) is 20.1 Å². The fraction of sp³-hybridized carbons (Fsp3) is 0.143. The number of rotatable bonds is 3. The lowest BCUT2D eigenvalue weighted by Gasteiger charge is -2.19. The number of hydrogen-bond donors (Lipinski definition) is 1. The van der Waals surface area contributed by atoms with Crippen molar-refractivity contribution in [2.24, 2.45) is 0 Å². The van der Waals surface area contributed by atoms with Crippen LogP contribution in [0.3, 0.4) is 0 Å². The Kier molecular flexibility index (Phi) is 4.85. The summed E-state index contributed by atoms with van der Waals surface area (Å²) in [6, 6.07) is 9.83. The van der Waals surface area contributed by atoms with Crippen LogP contribution < -0.4 is 5.32 Å². The Morgan fingerprint density at radius 3 is 2.37 bits per heavy atom. The minimum absolute atomic E-state index is 0.292. The highest BCUT2D eigenvalue weighted by molar-refractivity contribution is 9.10. The first kappa shape index (κ1) is 14.8. The van der Waals surface area contributed by atoms with Crippen LogP contribution in [0, 0.1) is 5.82 Å². The maximum absolute atomic E-state index is 14.0. The number of hydrogen-bond acceptors (Lipinski definition) is 1. The zero-order valence-electron chi connectivity index (χ0n) is 10.1. The molecule has 5 heteroatoms. The Balaban J connectivity index is 2.50. The van der Waals surface area contributed by atoms with E-state index in [0.717, 1.165) is 5.56 Å². The minimum Gasteiger partial charge on any atom is -0.309 e. The largest absolute Gasteiger partial charge is 0.309 e. The standard InChI is InChI=1S/C14H11BrCl2FN/c1-19-14(10-5-3-9(16)7-12(10)17)11-4-2-8(15)6-13(11)18/h2-7,14,19H,1H3. The van der Waals surface area contributed by atoms with Gasteiger partial charge >= 0.3 is 0 Å². The molecule has 1 atom stereocenters. The van der Waals surface area contributed by atoms with Crippen LogP contribution in [0.25, 0.3) is 0 Å². The van der Waals surface area contributed by atoms with E-state index < -0.39 is 0 Å². The van der Waals surface area contributed by atoms with Crippen LogP contribution in [0.2, 0.25) is 10.0 Å². The first-order chi connectivity index (χ1) is 9.02. The SMILES string of the molecule is CNC(c1ccc(Br)cc1F)c1ccc(Cl)cc1Cl. The summed E-state index contributed by atoms with van der Waals surface area (Å²) in [4.78, 5) is 0. The molecule has 0 spiro atoms. The molecule has 1 unspecified atom stereocenters. The third-order valence-corrected chi connectivity index (χ3v) is 3.89. The average Bonchev–Trinajstić information content (AvgIpc) is 2.34. The quantitative estimate of drug-likeness (QED) is 0.790. The zero-order valence-corrected chi connectivity index (χ0v) is 13.2. The molecule has 1 nitrogen and oxygen atoms in total. The molecule has 100 valence electrons. The van der Waals surface area contributed by atoms with Gasteiger partial charge in [-0.1, -0.05) is 51.3 Å². The number of benzene rings is 2. The average molecular weight is 363 g/mol. The summed E-state index contributed by atoms with van der Waals surface area (Å²) in [6.45, 7) is 0. The lowest BCUT2D eigenvalue weighted by atomic mass is 9.98. The molecule has 0 aromatic heterocycles. The van der Waals surface area contributed by atoms with Crippen molar-refractivity contribution in [1.29, 1.82) is 0 Å². The highest BCUT2D eigenvalue weighted by atomic mass is 79.9. The Hall–Kier alpha value is -0.610. The second kappa shape index (κ2) is 6.23. The molecule has 0 radical (unpaired) electrons. The van der Waals surface area contributed by atoms with Gasteiger partial charge in [0.25, 0.3) is 0 Å². The van der Waals surface area contributed by atoms with Gasteiger partial charge in [-0.2, -0.15) is 0 Å². The third kappa shape index (κ3) is 3.29. The molecular weight excluding hydrogens is 352 g/mol. The van der Waals surface area contributed by atoms with Crippen molar-refractivity contribution < 1.29 is 4.39 Å². The van der Waals surface area contributed by atoms with Gasteiger partial charge in [-0.3, -0.25) is 0 Å². The van der Waals surface area contributed by atoms with Crippen molar-refractivity contribution in [1.82, 2.24) is 5.32 Å². The van der Waals surface area contributed by atoms with Gasteiger partial charge in [-0.15, -0.1) is 0 Å². The van der Waals surface area contributed by atoms with E-state index in [4.69, 9.17) is 23.2 Å². The van der Waals surface area contributed by atoms with E-state index in [1.165, 1.54) is 6.07 Å². The molecule has 2 rings (SSSR count). The van der Waals surface area contributed by atoms with Crippen LogP contribution in [0.4, 0.5) is 4.39 Å². The molecule has 1 N–H and O–H groups in total. The minimum atomic E-state index is -0.321. The van der Waals surface area contributed by atoms with Crippen LogP contribution in [0.5, 0.6) is 0 Å². The van der Waals surface area contributed by atoms with Crippen LogP contribution in [-0.2, 0) is 0 Å². The van der Waals surface area contributed by atoms with Gasteiger partial charge in [-0.05, 0) is 36.9 Å². The second-order valence-corrected chi connectivity index (χ2v) is 5.81. The molecule has 0 heterocycles. The van der Waals surface area contributed by atoms with E-state index >= 15 is 0 Å². The van der Waals surface area contributed by atoms with E-state index in [-0.39, 0.29) is 11.9 Å². The predicted octanol–water partition coefficient (Wildman–Crippen LogP) is 5.20. The van der Waals surface area contributed by atoms with Crippen molar-refractivity contribution in [3.05, 3.63) is 67.9 Å². The van der Waals surface area contributed by atoms with Gasteiger partial charge in [0.1, 0.15) is 5.82 Å². The molecule has 0 saturated carbocycles. The van der Waals surface area contributed by atoms with Crippen molar-refractivity contribution in [2.75, 3.05) is 7.05 Å². The summed E-state index contributed by atoms with van der Waals surface area (Å²) >= 11 is 15.3. The summed E-state index contributed by atoms with van der Waals surface area (Å²) in [5.41, 5.74) is 1.32. The Bertz CT molecular complexity index is 552. The highest BCUT2D eigenvalue weighted by Crippen LogP contribution is 2.32. The molecule has 19 heavy (non-hydrogen) atoms. The monoisotopic (exact) mass is 361 g/mol. The van der Waals surface area contributed by atoms with Gasteiger partial charge in [0.15, 0.2) is 0 Å². The van der Waals surface area contributed by atoms with E-state index in [1.54, 1.807) is 37.4 Å². The fourth-order valence-corrected chi connectivity index (χ4v) is 2.80. The first-order valence-corrected chi connectivity index (χ1v) is 7.15. The molecular formula is C14H11BrCl2FN. The van der Waals surface area contributed by atoms with Gasteiger partial charge in [0.05, 0.1) is 6.04 Å². The van der Waals surface area contributed by atoms with Gasteiger partial charge < -0.3 is 5.32 Å². The zero-order chi connectivity index (χ0) is 14.0. The molecule has 2 aromatic carbocycles. The third-order valence-electron chi connectivity index (χ3n) is 2.84. The van der Waals surface area contributed by atoms with Crippen LogP contribution in [0.15, 0.2) is 40.9 Å². The summed E-state index contributed by atoms with van der Waals surface area (Å²) in [6.07, 6.45) is 0. The summed E-state index contributed by atoms with van der Waals surface area (Å²) in [5.74, 6) is -0.292. The van der Waals surface area contributed by atoms with E-state index in [2.05, 4.69) is 21.2 Å². The molecule has 0 fully saturated rings. The van der Waals surface area contributed by atoms with Crippen molar-refractivity contribution >= 4 is 39.1 Å². The molecule has 0 amide bonds. The predicted molar refractivity (Wildman–Crippen MR) is 81.5 cm³/mol. The van der Waals surface area contributed by atoms with Crippen LogP contribution in [0.1, 0.15) is 17.2 Å². The molecule has 0 bridgehead atoms. The highest BCUT2D eigenvalue weighted by Gasteiger charge is 2.19. The maximum atomic E-state index is 14.0. The molecule has 0 aliphatic rings. The topological polar surface area (TPSA) is 12.0 Å². The van der Waals surface area contributed by atoms with Gasteiger partial charge in [0.2, 0.25) is 0 Å². The van der Waals surface area contributed by atoms with Crippen LogP contribution >= 0.6 is 39.1 Å². The normalized spacial score (nSPS) is 12.5. The molecule has 0 aliphatic heterocycles. The maximum Gasteiger partial charge on any atom is 0.129 e. The van der Waals surface area contributed by atoms with Crippen molar-refractivity contribution in [2.45, 2.75) is 6.04 Å². The molecule has 0 aliphatic carbocycles. The van der Waals surface area contributed by atoms with Crippen molar-refractivity contribution in [3.63, 3.8) is 0 Å². The molecule has 2 aromatic rings.